The van der Waals surface area contributed by atoms with Crippen molar-refractivity contribution in [2.75, 3.05) is 0 Å². The van der Waals surface area contributed by atoms with Crippen LogP contribution < -0.4 is 0 Å². The van der Waals surface area contributed by atoms with Gasteiger partial charge < -0.3 is 4.42 Å². The number of rotatable bonds is 5. The van der Waals surface area contributed by atoms with Gasteiger partial charge >= 0.3 is 0 Å². The van der Waals surface area contributed by atoms with Crippen LogP contribution in [0.5, 0.6) is 0 Å². The predicted octanol–water partition coefficient (Wildman–Crippen LogP) is 8.50. The first-order chi connectivity index (χ1) is 15.7. The van der Waals surface area contributed by atoms with Gasteiger partial charge in [0.05, 0.1) is 11.6 Å². The minimum atomic E-state index is -0.152. The quantitative estimate of drug-likeness (QED) is 0.265. The Morgan fingerprint density at radius 3 is 1.53 bits per heavy atom. The van der Waals surface area contributed by atoms with Crippen molar-refractivity contribution >= 4 is 23.2 Å². The molecule has 5 aromatic rings. The van der Waals surface area contributed by atoms with Crippen LogP contribution in [0.2, 0.25) is 10.0 Å². The lowest BCUT2D eigenvalue weighted by atomic mass is 9.87. The molecule has 0 amide bonds. The monoisotopic (exact) mass is 455 g/mol. The number of halogens is 2. The van der Waals surface area contributed by atoms with Crippen LogP contribution in [0.3, 0.4) is 0 Å². The topological polar surface area (TPSA) is 26.0 Å². The number of oxazole rings is 1. The minimum absolute atomic E-state index is 0.152. The van der Waals surface area contributed by atoms with E-state index in [1.807, 2.05) is 109 Å². The zero-order valence-corrected chi connectivity index (χ0v) is 18.6. The van der Waals surface area contributed by atoms with E-state index in [9.17, 15) is 0 Å². The Hall–Kier alpha value is -3.33. The maximum absolute atomic E-state index is 6.40. The van der Waals surface area contributed by atoms with E-state index >= 15 is 0 Å². The van der Waals surface area contributed by atoms with Crippen LogP contribution in [0.4, 0.5) is 0 Å². The lowest BCUT2D eigenvalue weighted by Crippen LogP contribution is -2.05. The van der Waals surface area contributed by atoms with E-state index in [0.29, 0.717) is 15.9 Å². The van der Waals surface area contributed by atoms with Gasteiger partial charge in [0, 0.05) is 21.2 Å². The average molecular weight is 456 g/mol. The van der Waals surface area contributed by atoms with Gasteiger partial charge in [0.2, 0.25) is 5.89 Å². The second-order valence-electron chi connectivity index (χ2n) is 7.50. The molecule has 4 heteroatoms. The van der Waals surface area contributed by atoms with Gasteiger partial charge in [0.15, 0.2) is 5.76 Å². The smallest absolute Gasteiger partial charge is 0.227 e. The molecule has 0 saturated heterocycles. The van der Waals surface area contributed by atoms with Gasteiger partial charge in [0.25, 0.3) is 0 Å². The summed E-state index contributed by atoms with van der Waals surface area (Å²) in [5.74, 6) is 1.19. The van der Waals surface area contributed by atoms with Crippen LogP contribution in [-0.2, 0) is 0 Å². The van der Waals surface area contributed by atoms with Crippen molar-refractivity contribution in [3.8, 4) is 22.8 Å². The van der Waals surface area contributed by atoms with Crippen LogP contribution in [0.25, 0.3) is 22.8 Å². The van der Waals surface area contributed by atoms with Crippen LogP contribution >= 0.6 is 23.2 Å². The first-order valence-electron chi connectivity index (χ1n) is 10.3. The summed E-state index contributed by atoms with van der Waals surface area (Å²) in [4.78, 5) is 5.02. The Bertz CT molecular complexity index is 1270. The lowest BCUT2D eigenvalue weighted by molar-refractivity contribution is 0.587. The van der Waals surface area contributed by atoms with E-state index in [1.165, 1.54) is 0 Å². The molecule has 1 aromatic heterocycles. The third-order valence-electron chi connectivity index (χ3n) is 5.39. The van der Waals surface area contributed by atoms with Gasteiger partial charge in [-0.1, -0.05) is 96.0 Å². The third kappa shape index (κ3) is 4.20. The molecule has 0 unspecified atom stereocenters. The Kier molecular flexibility index (Phi) is 5.81. The molecular weight excluding hydrogens is 437 g/mol. The fraction of sp³-hybridized carbons (Fsp3) is 0.0357. The molecule has 2 nitrogen and oxygen atoms in total. The number of hydrogen-bond donors (Lipinski definition) is 0. The zero-order chi connectivity index (χ0) is 21.9. The number of nitrogens with zero attached hydrogens (tertiary/aromatic N) is 1. The summed E-state index contributed by atoms with van der Waals surface area (Å²) in [6.45, 7) is 0. The molecular formula is C28H19Cl2NO. The Morgan fingerprint density at radius 2 is 1.03 bits per heavy atom. The first kappa shape index (κ1) is 20.6. The Balaban J connectivity index is 1.75. The summed E-state index contributed by atoms with van der Waals surface area (Å²) >= 11 is 12.4. The fourth-order valence-corrected chi connectivity index (χ4v) is 4.10. The molecule has 156 valence electrons. The van der Waals surface area contributed by atoms with Crippen LogP contribution in [-0.4, -0.2) is 4.98 Å². The maximum atomic E-state index is 6.40. The van der Waals surface area contributed by atoms with Crippen molar-refractivity contribution in [3.05, 3.63) is 136 Å². The van der Waals surface area contributed by atoms with Crippen molar-refractivity contribution in [1.29, 1.82) is 0 Å². The van der Waals surface area contributed by atoms with Gasteiger partial charge in [-0.2, -0.15) is 0 Å². The molecule has 0 aliphatic rings. The highest BCUT2D eigenvalue weighted by Crippen LogP contribution is 2.40. The van der Waals surface area contributed by atoms with E-state index in [2.05, 4.69) is 0 Å². The molecule has 0 saturated carbocycles. The molecule has 0 bridgehead atoms. The summed E-state index contributed by atoms with van der Waals surface area (Å²) in [5, 5.41) is 1.38. The largest absolute Gasteiger partial charge is 0.436 e. The van der Waals surface area contributed by atoms with Crippen molar-refractivity contribution in [2.45, 2.75) is 5.92 Å². The Labute approximate surface area is 197 Å². The van der Waals surface area contributed by atoms with E-state index < -0.39 is 0 Å². The fourth-order valence-electron chi connectivity index (χ4n) is 3.85. The van der Waals surface area contributed by atoms with Crippen molar-refractivity contribution in [1.82, 2.24) is 4.98 Å². The molecule has 0 spiro atoms. The highest BCUT2D eigenvalue weighted by molar-refractivity contribution is 6.30. The van der Waals surface area contributed by atoms with Crippen LogP contribution in [0, 0.1) is 0 Å². The molecule has 0 atom stereocenters. The van der Waals surface area contributed by atoms with Crippen molar-refractivity contribution in [2.24, 2.45) is 0 Å². The molecule has 0 aliphatic heterocycles. The van der Waals surface area contributed by atoms with Gasteiger partial charge in [-0.05, 0) is 47.5 Å². The molecule has 0 N–H and O–H groups in total. The zero-order valence-electron chi connectivity index (χ0n) is 17.1. The SMILES string of the molecule is Clc1ccc(C(c2ccc(Cl)cc2)c2nc(-c3ccccc3)oc2-c2ccccc2)cc1. The number of hydrogen-bond acceptors (Lipinski definition) is 2. The summed E-state index contributed by atoms with van der Waals surface area (Å²) < 4.78 is 6.40. The summed E-state index contributed by atoms with van der Waals surface area (Å²) in [7, 11) is 0. The predicted molar refractivity (Wildman–Crippen MR) is 131 cm³/mol. The van der Waals surface area contributed by atoms with Gasteiger partial charge in [-0.25, -0.2) is 4.98 Å². The van der Waals surface area contributed by atoms with Gasteiger partial charge in [-0.3, -0.25) is 0 Å². The average Bonchev–Trinajstić information content (AvgIpc) is 3.28. The van der Waals surface area contributed by atoms with Gasteiger partial charge in [-0.15, -0.1) is 0 Å². The van der Waals surface area contributed by atoms with Crippen LogP contribution in [0.1, 0.15) is 22.7 Å². The number of benzene rings is 4. The normalized spacial score (nSPS) is 11.1. The highest BCUT2D eigenvalue weighted by Gasteiger charge is 2.27. The van der Waals surface area contributed by atoms with Crippen molar-refractivity contribution in [3.63, 3.8) is 0 Å². The van der Waals surface area contributed by atoms with E-state index in [4.69, 9.17) is 32.6 Å². The highest BCUT2D eigenvalue weighted by atomic mass is 35.5. The maximum Gasteiger partial charge on any atom is 0.227 e. The van der Waals surface area contributed by atoms with E-state index in [0.717, 1.165) is 33.7 Å². The summed E-state index contributed by atoms with van der Waals surface area (Å²) in [5.41, 5.74) is 4.90. The van der Waals surface area contributed by atoms with E-state index in [-0.39, 0.29) is 5.92 Å². The van der Waals surface area contributed by atoms with E-state index in [1.54, 1.807) is 0 Å². The second kappa shape index (κ2) is 9.04. The molecule has 1 heterocycles. The lowest BCUT2D eigenvalue weighted by Gasteiger charge is -2.17. The molecule has 0 radical (unpaired) electrons. The molecule has 4 aromatic carbocycles. The molecule has 5 rings (SSSR count). The van der Waals surface area contributed by atoms with Crippen LogP contribution in [0.15, 0.2) is 114 Å². The molecule has 0 aliphatic carbocycles. The summed E-state index contributed by atoms with van der Waals surface area (Å²) in [6.07, 6.45) is 0. The molecule has 0 fully saturated rings. The van der Waals surface area contributed by atoms with Gasteiger partial charge in [0.1, 0.15) is 0 Å². The number of aromatic nitrogens is 1. The Morgan fingerprint density at radius 1 is 0.562 bits per heavy atom. The van der Waals surface area contributed by atoms with Crippen molar-refractivity contribution < 1.29 is 4.42 Å². The minimum Gasteiger partial charge on any atom is -0.436 e. The first-order valence-corrected chi connectivity index (χ1v) is 11.1. The second-order valence-corrected chi connectivity index (χ2v) is 8.37. The molecule has 32 heavy (non-hydrogen) atoms. The standard InChI is InChI=1S/C28H19Cl2NO/c29-23-15-11-19(12-16-23)25(20-13-17-24(30)18-14-20)26-27(21-7-3-1-4-8-21)32-28(31-26)22-9-5-2-6-10-22/h1-18,25H. The summed E-state index contributed by atoms with van der Waals surface area (Å²) in [6, 6.07) is 35.8. The third-order valence-corrected chi connectivity index (χ3v) is 5.89.